The number of aromatic nitrogens is 1. The van der Waals surface area contributed by atoms with E-state index in [1.165, 1.54) is 0 Å². The van der Waals surface area contributed by atoms with Gasteiger partial charge in [0.1, 0.15) is 11.5 Å². The largest absolute Gasteiger partial charge is 0.361 e. The first kappa shape index (κ1) is 12.8. The molecule has 0 spiro atoms. The first-order valence-electron chi connectivity index (χ1n) is 5.53. The zero-order valence-corrected chi connectivity index (χ0v) is 11.7. The number of hydrogen-bond donors (Lipinski definition) is 1. The number of aryl methyl sites for hydroxylation is 1. The molecule has 0 atom stereocenters. The van der Waals surface area contributed by atoms with Crippen molar-refractivity contribution in [3.05, 3.63) is 51.3 Å². The van der Waals surface area contributed by atoms with Crippen LogP contribution in [0.1, 0.15) is 27.4 Å². The molecular formula is C13H13BrN2O2. The molecule has 1 aromatic carbocycles. The van der Waals surface area contributed by atoms with Crippen LogP contribution in [0.4, 0.5) is 0 Å². The maximum atomic E-state index is 12.0. The number of halogens is 1. The SMILES string of the molecule is Cc1cc(CNC(=O)c2cccc(Br)c2C)no1. The molecule has 1 N–H and O–H groups in total. The Kier molecular flexibility index (Phi) is 3.81. The van der Waals surface area contributed by atoms with E-state index in [4.69, 9.17) is 4.52 Å². The van der Waals surface area contributed by atoms with Crippen LogP contribution >= 0.6 is 15.9 Å². The Morgan fingerprint density at radius 3 is 2.89 bits per heavy atom. The number of hydrogen-bond acceptors (Lipinski definition) is 3. The molecule has 4 nitrogen and oxygen atoms in total. The Balaban J connectivity index is 2.06. The highest BCUT2D eigenvalue weighted by Crippen LogP contribution is 2.19. The van der Waals surface area contributed by atoms with Crippen LogP contribution in [0.5, 0.6) is 0 Å². The minimum atomic E-state index is -0.116. The van der Waals surface area contributed by atoms with Gasteiger partial charge in [-0.05, 0) is 31.5 Å². The van der Waals surface area contributed by atoms with Gasteiger partial charge >= 0.3 is 0 Å². The van der Waals surface area contributed by atoms with Gasteiger partial charge < -0.3 is 9.84 Å². The lowest BCUT2D eigenvalue weighted by Gasteiger charge is -2.07. The Labute approximate surface area is 113 Å². The van der Waals surface area contributed by atoms with E-state index in [-0.39, 0.29) is 5.91 Å². The third kappa shape index (κ3) is 2.79. The molecule has 2 rings (SSSR count). The van der Waals surface area contributed by atoms with E-state index in [0.29, 0.717) is 17.8 Å². The zero-order chi connectivity index (χ0) is 13.1. The number of rotatable bonds is 3. The highest BCUT2D eigenvalue weighted by atomic mass is 79.9. The maximum absolute atomic E-state index is 12.0. The molecule has 1 aromatic heterocycles. The average Bonchev–Trinajstić information content (AvgIpc) is 2.76. The van der Waals surface area contributed by atoms with Crippen LogP contribution in [-0.2, 0) is 6.54 Å². The quantitative estimate of drug-likeness (QED) is 0.948. The Morgan fingerprint density at radius 2 is 2.22 bits per heavy atom. The van der Waals surface area contributed by atoms with E-state index in [0.717, 1.165) is 15.8 Å². The maximum Gasteiger partial charge on any atom is 0.251 e. The lowest BCUT2D eigenvalue weighted by molar-refractivity contribution is 0.0949. The second-order valence-electron chi connectivity index (χ2n) is 4.02. The molecular weight excluding hydrogens is 296 g/mol. The van der Waals surface area contributed by atoms with Gasteiger partial charge in [-0.15, -0.1) is 0 Å². The smallest absolute Gasteiger partial charge is 0.251 e. The fourth-order valence-electron chi connectivity index (χ4n) is 1.62. The predicted molar refractivity (Wildman–Crippen MR) is 71.3 cm³/mol. The Morgan fingerprint density at radius 1 is 1.44 bits per heavy atom. The van der Waals surface area contributed by atoms with Crippen molar-refractivity contribution in [3.63, 3.8) is 0 Å². The Bertz CT molecular complexity index is 578. The first-order valence-corrected chi connectivity index (χ1v) is 6.32. The highest BCUT2D eigenvalue weighted by Gasteiger charge is 2.11. The first-order chi connectivity index (χ1) is 8.58. The lowest BCUT2D eigenvalue weighted by Crippen LogP contribution is -2.23. The van der Waals surface area contributed by atoms with Crippen LogP contribution in [0.2, 0.25) is 0 Å². The lowest BCUT2D eigenvalue weighted by atomic mass is 10.1. The molecule has 0 saturated carbocycles. The van der Waals surface area contributed by atoms with E-state index in [2.05, 4.69) is 26.4 Å². The van der Waals surface area contributed by atoms with Crippen molar-refractivity contribution < 1.29 is 9.32 Å². The van der Waals surface area contributed by atoms with Crippen molar-refractivity contribution in [2.45, 2.75) is 20.4 Å². The molecule has 94 valence electrons. The summed E-state index contributed by atoms with van der Waals surface area (Å²) in [6.07, 6.45) is 0. The molecule has 0 aliphatic heterocycles. The van der Waals surface area contributed by atoms with Crippen LogP contribution < -0.4 is 5.32 Å². The van der Waals surface area contributed by atoms with Gasteiger partial charge in [-0.25, -0.2) is 0 Å². The van der Waals surface area contributed by atoms with Gasteiger partial charge in [-0.2, -0.15) is 0 Å². The molecule has 0 aliphatic carbocycles. The van der Waals surface area contributed by atoms with Crippen LogP contribution in [0, 0.1) is 13.8 Å². The number of benzene rings is 1. The summed E-state index contributed by atoms with van der Waals surface area (Å²) in [5.41, 5.74) is 2.30. The number of carbonyl (C=O) groups excluding carboxylic acids is 1. The van der Waals surface area contributed by atoms with Gasteiger partial charge in [0.05, 0.1) is 6.54 Å². The summed E-state index contributed by atoms with van der Waals surface area (Å²) in [5.74, 6) is 0.618. The molecule has 0 fully saturated rings. The topological polar surface area (TPSA) is 55.1 Å². The fourth-order valence-corrected chi connectivity index (χ4v) is 1.99. The van der Waals surface area contributed by atoms with E-state index < -0.39 is 0 Å². The third-order valence-electron chi connectivity index (χ3n) is 2.62. The number of carbonyl (C=O) groups is 1. The van der Waals surface area contributed by atoms with Gasteiger partial charge in [0.2, 0.25) is 0 Å². The van der Waals surface area contributed by atoms with E-state index in [1.807, 2.05) is 26.0 Å². The third-order valence-corrected chi connectivity index (χ3v) is 3.48. The zero-order valence-electron chi connectivity index (χ0n) is 10.2. The van der Waals surface area contributed by atoms with Crippen molar-refractivity contribution in [2.24, 2.45) is 0 Å². The number of nitrogens with zero attached hydrogens (tertiary/aromatic N) is 1. The molecule has 2 aromatic rings. The van der Waals surface area contributed by atoms with Crippen LogP contribution in [-0.4, -0.2) is 11.1 Å². The normalized spacial score (nSPS) is 10.4. The predicted octanol–water partition coefficient (Wildman–Crippen LogP) is 2.98. The molecule has 18 heavy (non-hydrogen) atoms. The summed E-state index contributed by atoms with van der Waals surface area (Å²) in [5, 5.41) is 6.64. The van der Waals surface area contributed by atoms with E-state index in [9.17, 15) is 4.79 Å². The minimum absolute atomic E-state index is 0.116. The molecule has 0 radical (unpaired) electrons. The fraction of sp³-hybridized carbons (Fsp3) is 0.231. The van der Waals surface area contributed by atoms with Crippen LogP contribution in [0.15, 0.2) is 33.3 Å². The second kappa shape index (κ2) is 5.35. The highest BCUT2D eigenvalue weighted by molar-refractivity contribution is 9.10. The summed E-state index contributed by atoms with van der Waals surface area (Å²) < 4.78 is 5.86. The van der Waals surface area contributed by atoms with Gasteiger partial charge in [-0.3, -0.25) is 4.79 Å². The molecule has 0 unspecified atom stereocenters. The summed E-state index contributed by atoms with van der Waals surface area (Å²) in [7, 11) is 0. The molecule has 0 aliphatic rings. The van der Waals surface area contributed by atoms with Crippen molar-refractivity contribution in [1.29, 1.82) is 0 Å². The van der Waals surface area contributed by atoms with Gasteiger partial charge in [0.15, 0.2) is 0 Å². The molecule has 0 saturated heterocycles. The van der Waals surface area contributed by atoms with Crippen molar-refractivity contribution >= 4 is 21.8 Å². The molecule has 1 amide bonds. The standard InChI is InChI=1S/C13H13BrN2O2/c1-8-6-10(16-18-8)7-15-13(17)11-4-3-5-12(14)9(11)2/h3-6H,7H2,1-2H3,(H,15,17). The van der Waals surface area contributed by atoms with E-state index >= 15 is 0 Å². The summed E-state index contributed by atoms with van der Waals surface area (Å²) >= 11 is 3.41. The summed E-state index contributed by atoms with van der Waals surface area (Å²) in [6.45, 7) is 4.08. The van der Waals surface area contributed by atoms with Gasteiger partial charge in [0, 0.05) is 16.1 Å². The van der Waals surface area contributed by atoms with E-state index in [1.54, 1.807) is 12.1 Å². The van der Waals surface area contributed by atoms with Crippen molar-refractivity contribution in [3.8, 4) is 0 Å². The molecule has 5 heteroatoms. The number of nitrogens with one attached hydrogen (secondary N) is 1. The summed E-state index contributed by atoms with van der Waals surface area (Å²) in [4.78, 5) is 12.0. The van der Waals surface area contributed by atoms with Gasteiger partial charge in [-0.1, -0.05) is 27.2 Å². The van der Waals surface area contributed by atoms with Crippen LogP contribution in [0.3, 0.4) is 0 Å². The molecule has 1 heterocycles. The number of amides is 1. The second-order valence-corrected chi connectivity index (χ2v) is 4.88. The molecule has 0 bridgehead atoms. The summed E-state index contributed by atoms with van der Waals surface area (Å²) in [6, 6.07) is 7.34. The minimum Gasteiger partial charge on any atom is -0.361 e. The average molecular weight is 309 g/mol. The monoisotopic (exact) mass is 308 g/mol. The van der Waals surface area contributed by atoms with Crippen LogP contribution in [0.25, 0.3) is 0 Å². The van der Waals surface area contributed by atoms with Crippen molar-refractivity contribution in [1.82, 2.24) is 10.5 Å². The Hall–Kier alpha value is -1.62. The van der Waals surface area contributed by atoms with Gasteiger partial charge in [0.25, 0.3) is 5.91 Å². The van der Waals surface area contributed by atoms with Crippen molar-refractivity contribution in [2.75, 3.05) is 0 Å².